The van der Waals surface area contributed by atoms with Crippen LogP contribution in [0.1, 0.15) is 10.4 Å². The maximum atomic E-state index is 12.1. The van der Waals surface area contributed by atoms with Crippen molar-refractivity contribution in [2.45, 2.75) is 0 Å². The Balaban J connectivity index is 2.21. The molecule has 2 rings (SSSR count). The first-order valence-corrected chi connectivity index (χ1v) is 6.03. The van der Waals surface area contributed by atoms with Crippen LogP contribution in [0.5, 0.6) is 11.9 Å². The molecule has 1 aromatic carbocycles. The van der Waals surface area contributed by atoms with Crippen LogP contribution in [0, 0.1) is 0 Å². The highest BCUT2D eigenvalue weighted by molar-refractivity contribution is 6.30. The molecule has 0 aliphatic carbocycles. The van der Waals surface area contributed by atoms with Crippen molar-refractivity contribution in [2.24, 2.45) is 0 Å². The van der Waals surface area contributed by atoms with Gasteiger partial charge in [-0.15, -0.1) is 0 Å². The third kappa shape index (κ3) is 3.16. The van der Waals surface area contributed by atoms with Gasteiger partial charge in [0.05, 0.1) is 20.4 Å². The average molecular weight is 294 g/mol. The van der Waals surface area contributed by atoms with E-state index >= 15 is 0 Å². The molecular weight excluding hydrogens is 282 g/mol. The quantitative estimate of drug-likeness (QED) is 0.937. The van der Waals surface area contributed by atoms with Crippen LogP contribution in [0.25, 0.3) is 0 Å². The SMILES string of the molecule is COc1ncc(NC(=O)c2ccc(Cl)cc2)c(OC)n1. The van der Waals surface area contributed by atoms with Gasteiger partial charge in [0.25, 0.3) is 5.91 Å². The summed E-state index contributed by atoms with van der Waals surface area (Å²) in [5, 5.41) is 3.22. The number of methoxy groups -OCH3 is 2. The van der Waals surface area contributed by atoms with Crippen LogP contribution < -0.4 is 14.8 Å². The monoisotopic (exact) mass is 293 g/mol. The average Bonchev–Trinajstić information content (AvgIpc) is 2.48. The molecule has 1 N–H and O–H groups in total. The van der Waals surface area contributed by atoms with E-state index in [0.717, 1.165) is 0 Å². The molecule has 2 aromatic rings. The maximum absolute atomic E-state index is 12.1. The minimum atomic E-state index is -0.311. The number of carbonyl (C=O) groups is 1. The summed E-state index contributed by atoms with van der Waals surface area (Å²) in [6.07, 6.45) is 1.42. The summed E-state index contributed by atoms with van der Waals surface area (Å²) >= 11 is 5.77. The number of rotatable bonds is 4. The van der Waals surface area contributed by atoms with Gasteiger partial charge in [-0.05, 0) is 24.3 Å². The molecule has 1 amide bonds. The van der Waals surface area contributed by atoms with E-state index in [1.165, 1.54) is 20.4 Å². The van der Waals surface area contributed by atoms with Gasteiger partial charge in [0.15, 0.2) is 0 Å². The lowest BCUT2D eigenvalue weighted by Crippen LogP contribution is -2.13. The maximum Gasteiger partial charge on any atom is 0.319 e. The number of nitrogens with one attached hydrogen (secondary N) is 1. The van der Waals surface area contributed by atoms with E-state index in [2.05, 4.69) is 15.3 Å². The Hall–Kier alpha value is -2.34. The molecule has 0 saturated carbocycles. The fourth-order valence-electron chi connectivity index (χ4n) is 1.49. The molecule has 7 heteroatoms. The summed E-state index contributed by atoms with van der Waals surface area (Å²) in [5.74, 6) is -0.0899. The minimum absolute atomic E-state index is 0.159. The van der Waals surface area contributed by atoms with Crippen molar-refractivity contribution in [1.29, 1.82) is 0 Å². The highest BCUT2D eigenvalue weighted by atomic mass is 35.5. The van der Waals surface area contributed by atoms with E-state index in [9.17, 15) is 4.79 Å². The second-order valence-electron chi connectivity index (χ2n) is 3.74. The van der Waals surface area contributed by atoms with Crippen LogP contribution in [0.15, 0.2) is 30.5 Å². The van der Waals surface area contributed by atoms with E-state index in [0.29, 0.717) is 16.3 Å². The molecule has 104 valence electrons. The Labute approximate surface area is 120 Å². The molecule has 0 fully saturated rings. The summed E-state index contributed by atoms with van der Waals surface area (Å²) in [5.41, 5.74) is 0.820. The van der Waals surface area contributed by atoms with Gasteiger partial charge in [-0.25, -0.2) is 4.98 Å². The van der Waals surface area contributed by atoms with Crippen molar-refractivity contribution in [3.63, 3.8) is 0 Å². The second kappa shape index (κ2) is 6.21. The molecule has 0 radical (unpaired) electrons. The van der Waals surface area contributed by atoms with Crippen LogP contribution in [-0.4, -0.2) is 30.1 Å². The molecule has 1 aromatic heterocycles. The van der Waals surface area contributed by atoms with Gasteiger partial charge in [0.1, 0.15) is 5.69 Å². The summed E-state index contributed by atoms with van der Waals surface area (Å²) in [4.78, 5) is 19.9. The number of benzene rings is 1. The van der Waals surface area contributed by atoms with Gasteiger partial charge in [-0.3, -0.25) is 4.79 Å². The third-order valence-corrected chi connectivity index (χ3v) is 2.71. The van der Waals surface area contributed by atoms with Gasteiger partial charge in [-0.2, -0.15) is 4.98 Å². The van der Waals surface area contributed by atoms with Gasteiger partial charge < -0.3 is 14.8 Å². The summed E-state index contributed by atoms with van der Waals surface area (Å²) in [6.45, 7) is 0. The van der Waals surface area contributed by atoms with E-state index in [1.54, 1.807) is 24.3 Å². The van der Waals surface area contributed by atoms with Crippen molar-refractivity contribution in [3.8, 4) is 11.9 Å². The first-order chi connectivity index (χ1) is 9.63. The lowest BCUT2D eigenvalue weighted by atomic mass is 10.2. The summed E-state index contributed by atoms with van der Waals surface area (Å²) < 4.78 is 9.96. The Morgan fingerprint density at radius 2 is 1.90 bits per heavy atom. The molecule has 0 bridgehead atoms. The number of nitrogens with zero attached hydrogens (tertiary/aromatic N) is 2. The molecule has 0 aliphatic rings. The molecule has 6 nitrogen and oxygen atoms in total. The Morgan fingerprint density at radius 3 is 2.50 bits per heavy atom. The molecule has 0 unspecified atom stereocenters. The number of halogens is 1. The Kier molecular flexibility index (Phi) is 4.37. The van der Waals surface area contributed by atoms with Crippen molar-refractivity contribution in [2.75, 3.05) is 19.5 Å². The standard InChI is InChI=1S/C13H12ClN3O3/c1-19-12-10(7-15-13(17-12)20-2)16-11(18)8-3-5-9(14)6-4-8/h3-7H,1-2H3,(H,16,18). The number of amides is 1. The van der Waals surface area contributed by atoms with Crippen LogP contribution in [0.2, 0.25) is 5.02 Å². The van der Waals surface area contributed by atoms with E-state index in [1.807, 2.05) is 0 Å². The van der Waals surface area contributed by atoms with Crippen molar-refractivity contribution >= 4 is 23.2 Å². The first-order valence-electron chi connectivity index (χ1n) is 5.66. The molecule has 0 saturated heterocycles. The molecule has 0 atom stereocenters. The molecule has 0 aliphatic heterocycles. The Bertz CT molecular complexity index is 617. The predicted octanol–water partition coefficient (Wildman–Crippen LogP) is 2.40. The van der Waals surface area contributed by atoms with Gasteiger partial charge in [0, 0.05) is 10.6 Å². The van der Waals surface area contributed by atoms with E-state index in [-0.39, 0.29) is 17.8 Å². The van der Waals surface area contributed by atoms with Crippen LogP contribution >= 0.6 is 11.6 Å². The number of carbonyl (C=O) groups excluding carboxylic acids is 1. The van der Waals surface area contributed by atoms with Crippen molar-refractivity contribution < 1.29 is 14.3 Å². The van der Waals surface area contributed by atoms with Gasteiger partial charge >= 0.3 is 6.01 Å². The predicted molar refractivity (Wildman–Crippen MR) is 74.5 cm³/mol. The van der Waals surface area contributed by atoms with Crippen LogP contribution in [0.4, 0.5) is 5.69 Å². The number of ether oxygens (including phenoxy) is 2. The van der Waals surface area contributed by atoms with Crippen LogP contribution in [-0.2, 0) is 0 Å². The largest absolute Gasteiger partial charge is 0.479 e. The number of anilines is 1. The van der Waals surface area contributed by atoms with Crippen molar-refractivity contribution in [1.82, 2.24) is 9.97 Å². The van der Waals surface area contributed by atoms with Crippen molar-refractivity contribution in [3.05, 3.63) is 41.0 Å². The molecule has 20 heavy (non-hydrogen) atoms. The van der Waals surface area contributed by atoms with Gasteiger partial charge in [0.2, 0.25) is 5.88 Å². The lowest BCUT2D eigenvalue weighted by molar-refractivity contribution is 0.102. The zero-order valence-electron chi connectivity index (χ0n) is 10.9. The van der Waals surface area contributed by atoms with E-state index in [4.69, 9.17) is 21.1 Å². The topological polar surface area (TPSA) is 73.3 Å². The second-order valence-corrected chi connectivity index (χ2v) is 4.18. The minimum Gasteiger partial charge on any atom is -0.479 e. The fourth-order valence-corrected chi connectivity index (χ4v) is 1.61. The lowest BCUT2D eigenvalue weighted by Gasteiger charge is -2.09. The molecular formula is C13H12ClN3O3. The zero-order chi connectivity index (χ0) is 14.5. The number of hydrogen-bond donors (Lipinski definition) is 1. The summed E-state index contributed by atoms with van der Waals surface area (Å²) in [7, 11) is 2.89. The highest BCUT2D eigenvalue weighted by Crippen LogP contribution is 2.23. The zero-order valence-corrected chi connectivity index (χ0v) is 11.6. The smallest absolute Gasteiger partial charge is 0.319 e. The van der Waals surface area contributed by atoms with Gasteiger partial charge in [-0.1, -0.05) is 11.6 Å². The Morgan fingerprint density at radius 1 is 1.20 bits per heavy atom. The van der Waals surface area contributed by atoms with Crippen LogP contribution in [0.3, 0.4) is 0 Å². The third-order valence-electron chi connectivity index (χ3n) is 2.46. The number of aromatic nitrogens is 2. The molecule has 1 heterocycles. The normalized spacial score (nSPS) is 9.95. The number of hydrogen-bond acceptors (Lipinski definition) is 5. The first kappa shape index (κ1) is 14.1. The summed E-state index contributed by atoms with van der Waals surface area (Å²) in [6, 6.07) is 6.67. The van der Waals surface area contributed by atoms with E-state index < -0.39 is 0 Å². The highest BCUT2D eigenvalue weighted by Gasteiger charge is 2.12. The molecule has 0 spiro atoms. The fraction of sp³-hybridized carbons (Fsp3) is 0.154.